The molecule has 0 bridgehead atoms. The molecule has 0 atom stereocenters. The second-order valence-electron chi connectivity index (χ2n) is 4.58. The molecule has 0 amide bonds. The predicted molar refractivity (Wildman–Crippen MR) is 70.6 cm³/mol. The van der Waals surface area contributed by atoms with Gasteiger partial charge in [0.25, 0.3) is 0 Å². The number of hydrogen-bond donors (Lipinski definition) is 1. The van der Waals surface area contributed by atoms with E-state index in [1.807, 2.05) is 0 Å². The fourth-order valence-corrected chi connectivity index (χ4v) is 2.94. The molecule has 20 heavy (non-hydrogen) atoms. The summed E-state index contributed by atoms with van der Waals surface area (Å²) in [4.78, 5) is 4.38. The molecule has 1 saturated carbocycles. The van der Waals surface area contributed by atoms with Gasteiger partial charge in [0.1, 0.15) is 16.4 Å². The van der Waals surface area contributed by atoms with Crippen LogP contribution in [0.4, 0.5) is 18.2 Å². The molecule has 1 aromatic heterocycles. The maximum Gasteiger partial charge on any atom is 0.573 e. The number of rotatable bonds is 3. The Bertz CT molecular complexity index is 635. The summed E-state index contributed by atoms with van der Waals surface area (Å²) < 4.78 is 41.3. The third-order valence-electron chi connectivity index (χ3n) is 2.96. The van der Waals surface area contributed by atoms with Gasteiger partial charge >= 0.3 is 6.36 Å². The van der Waals surface area contributed by atoms with Gasteiger partial charge in [-0.25, -0.2) is 4.98 Å². The van der Waals surface area contributed by atoms with Gasteiger partial charge in [-0.05, 0) is 25.0 Å². The molecular formula is C13H11F3N2OS. The maximum absolute atomic E-state index is 12.4. The molecule has 1 aromatic carbocycles. The van der Waals surface area contributed by atoms with E-state index in [1.165, 1.54) is 29.5 Å². The van der Waals surface area contributed by atoms with E-state index in [4.69, 9.17) is 5.73 Å². The van der Waals surface area contributed by atoms with Crippen LogP contribution in [-0.2, 0) is 0 Å². The number of para-hydroxylation sites is 1. The lowest BCUT2D eigenvalue weighted by Crippen LogP contribution is -2.17. The first kappa shape index (κ1) is 13.2. The molecule has 1 aliphatic carbocycles. The molecule has 3 nitrogen and oxygen atoms in total. The first-order chi connectivity index (χ1) is 9.44. The number of alkyl halides is 3. The SMILES string of the molecule is Nc1sc(C2CC2)nc1-c1ccccc1OC(F)(F)F. The second kappa shape index (κ2) is 4.66. The molecule has 1 fully saturated rings. The fraction of sp³-hybridized carbons (Fsp3) is 0.308. The van der Waals surface area contributed by atoms with Crippen molar-refractivity contribution in [2.75, 3.05) is 5.73 Å². The molecule has 106 valence electrons. The van der Waals surface area contributed by atoms with Gasteiger partial charge in [0.2, 0.25) is 0 Å². The topological polar surface area (TPSA) is 48.1 Å². The van der Waals surface area contributed by atoms with Crippen molar-refractivity contribution in [2.45, 2.75) is 25.1 Å². The molecule has 0 radical (unpaired) electrons. The van der Waals surface area contributed by atoms with Crippen LogP contribution in [0.15, 0.2) is 24.3 Å². The number of nitrogen functional groups attached to an aromatic ring is 1. The normalized spacial score (nSPS) is 15.3. The van der Waals surface area contributed by atoms with Crippen LogP contribution >= 0.6 is 11.3 Å². The van der Waals surface area contributed by atoms with E-state index >= 15 is 0 Å². The first-order valence-corrected chi connectivity index (χ1v) is 6.87. The minimum absolute atomic E-state index is 0.269. The standard InChI is InChI=1S/C13H11F3N2OS/c14-13(15,16)19-9-4-2-1-3-8(9)10-11(17)20-12(18-10)7-5-6-7/h1-4,7H,5-6,17H2. The zero-order valence-electron chi connectivity index (χ0n) is 10.3. The van der Waals surface area contributed by atoms with Gasteiger partial charge in [-0.1, -0.05) is 12.1 Å². The van der Waals surface area contributed by atoms with Crippen molar-refractivity contribution in [2.24, 2.45) is 0 Å². The van der Waals surface area contributed by atoms with E-state index in [-0.39, 0.29) is 11.3 Å². The quantitative estimate of drug-likeness (QED) is 0.925. The number of thiazole rings is 1. The lowest BCUT2D eigenvalue weighted by atomic mass is 10.1. The number of nitrogens with zero attached hydrogens (tertiary/aromatic N) is 1. The van der Waals surface area contributed by atoms with Crippen LogP contribution in [0, 0.1) is 0 Å². The Labute approximate surface area is 117 Å². The molecular weight excluding hydrogens is 289 g/mol. The van der Waals surface area contributed by atoms with Crippen molar-refractivity contribution in [3.8, 4) is 17.0 Å². The Morgan fingerprint density at radius 2 is 1.95 bits per heavy atom. The Kier molecular flexibility index (Phi) is 3.08. The van der Waals surface area contributed by atoms with Crippen LogP contribution in [0.2, 0.25) is 0 Å². The Balaban J connectivity index is 2.01. The molecule has 2 N–H and O–H groups in total. The first-order valence-electron chi connectivity index (χ1n) is 6.05. The van der Waals surface area contributed by atoms with Crippen LogP contribution in [-0.4, -0.2) is 11.3 Å². The third-order valence-corrected chi connectivity index (χ3v) is 4.01. The highest BCUT2D eigenvalue weighted by atomic mass is 32.1. The Hall–Kier alpha value is -1.76. The van der Waals surface area contributed by atoms with E-state index < -0.39 is 6.36 Å². The van der Waals surface area contributed by atoms with Crippen LogP contribution in [0.5, 0.6) is 5.75 Å². The largest absolute Gasteiger partial charge is 0.573 e. The number of nitrogens with two attached hydrogens (primary N) is 1. The number of benzene rings is 1. The molecule has 1 heterocycles. The van der Waals surface area contributed by atoms with Gasteiger partial charge in [-0.2, -0.15) is 0 Å². The van der Waals surface area contributed by atoms with Gasteiger partial charge in [0, 0.05) is 11.5 Å². The molecule has 1 aliphatic rings. The average Bonchev–Trinajstić information content (AvgIpc) is 3.12. The summed E-state index contributed by atoms with van der Waals surface area (Å²) >= 11 is 1.34. The zero-order valence-corrected chi connectivity index (χ0v) is 11.1. The number of hydrogen-bond acceptors (Lipinski definition) is 4. The van der Waals surface area contributed by atoms with E-state index in [1.54, 1.807) is 6.07 Å². The molecule has 0 unspecified atom stereocenters. The van der Waals surface area contributed by atoms with Crippen LogP contribution in [0.25, 0.3) is 11.3 Å². The van der Waals surface area contributed by atoms with Gasteiger partial charge in [0.05, 0.1) is 5.01 Å². The van der Waals surface area contributed by atoms with Gasteiger partial charge in [-0.15, -0.1) is 24.5 Å². The van der Waals surface area contributed by atoms with Gasteiger partial charge in [0.15, 0.2) is 0 Å². The number of aromatic nitrogens is 1. The maximum atomic E-state index is 12.4. The number of halogens is 3. The average molecular weight is 300 g/mol. The summed E-state index contributed by atoms with van der Waals surface area (Å²) in [6, 6.07) is 5.91. The smallest absolute Gasteiger partial charge is 0.405 e. The highest BCUT2D eigenvalue weighted by Gasteiger charge is 2.33. The molecule has 3 rings (SSSR count). The highest BCUT2D eigenvalue weighted by molar-refractivity contribution is 7.16. The lowest BCUT2D eigenvalue weighted by molar-refractivity contribution is -0.274. The van der Waals surface area contributed by atoms with E-state index in [0.717, 1.165) is 17.8 Å². The third kappa shape index (κ3) is 2.72. The summed E-state index contributed by atoms with van der Waals surface area (Å²) in [7, 11) is 0. The minimum atomic E-state index is -4.74. The van der Waals surface area contributed by atoms with Crippen molar-refractivity contribution >= 4 is 16.3 Å². The van der Waals surface area contributed by atoms with Crippen LogP contribution < -0.4 is 10.5 Å². The molecule has 0 aliphatic heterocycles. The molecule has 7 heteroatoms. The van der Waals surface area contributed by atoms with Crippen LogP contribution in [0.1, 0.15) is 23.8 Å². The predicted octanol–water partition coefficient (Wildman–Crippen LogP) is 4.17. The van der Waals surface area contributed by atoms with Crippen molar-refractivity contribution in [1.82, 2.24) is 4.98 Å². The zero-order chi connectivity index (χ0) is 14.3. The summed E-state index contributed by atoms with van der Waals surface area (Å²) in [5.41, 5.74) is 6.53. The van der Waals surface area contributed by atoms with E-state index in [2.05, 4.69) is 9.72 Å². The van der Waals surface area contributed by atoms with Gasteiger partial charge in [-0.3, -0.25) is 0 Å². The minimum Gasteiger partial charge on any atom is -0.405 e. The number of ether oxygens (including phenoxy) is 1. The van der Waals surface area contributed by atoms with E-state index in [9.17, 15) is 13.2 Å². The summed E-state index contributed by atoms with van der Waals surface area (Å²) in [5.74, 6) is 0.131. The Morgan fingerprint density at radius 1 is 1.25 bits per heavy atom. The number of anilines is 1. The second-order valence-corrected chi connectivity index (χ2v) is 5.65. The van der Waals surface area contributed by atoms with Gasteiger partial charge < -0.3 is 10.5 Å². The van der Waals surface area contributed by atoms with Crippen LogP contribution in [0.3, 0.4) is 0 Å². The van der Waals surface area contributed by atoms with Crippen molar-refractivity contribution in [1.29, 1.82) is 0 Å². The monoisotopic (exact) mass is 300 g/mol. The summed E-state index contributed by atoms with van der Waals surface area (Å²) in [6.07, 6.45) is -2.61. The highest BCUT2D eigenvalue weighted by Crippen LogP contribution is 2.46. The summed E-state index contributed by atoms with van der Waals surface area (Å²) in [5, 5.41) is 1.31. The Morgan fingerprint density at radius 3 is 2.60 bits per heavy atom. The summed E-state index contributed by atoms with van der Waals surface area (Å²) in [6.45, 7) is 0. The van der Waals surface area contributed by atoms with Crippen molar-refractivity contribution < 1.29 is 17.9 Å². The van der Waals surface area contributed by atoms with E-state index in [0.29, 0.717) is 16.6 Å². The molecule has 0 saturated heterocycles. The lowest BCUT2D eigenvalue weighted by Gasteiger charge is -2.12. The van der Waals surface area contributed by atoms with Crippen molar-refractivity contribution in [3.05, 3.63) is 29.3 Å². The molecule has 2 aromatic rings. The molecule has 0 spiro atoms. The fourth-order valence-electron chi connectivity index (χ4n) is 1.92. The van der Waals surface area contributed by atoms with Crippen molar-refractivity contribution in [3.63, 3.8) is 0 Å².